The standard InChI is InChI=1S/C17H16Cl3NO2/c1-2-3-10-23-12-6-4-11(5-7-12)21-17(22)15-13(18)8-9-14(19)16(15)20/h4-9H,2-3,10H2,1H3,(H,21,22). The summed E-state index contributed by atoms with van der Waals surface area (Å²) in [6.45, 7) is 2.78. The molecule has 0 aromatic heterocycles. The molecule has 2 rings (SSSR count). The minimum absolute atomic E-state index is 0.135. The Bertz CT molecular complexity index is 687. The zero-order valence-corrected chi connectivity index (χ0v) is 14.8. The number of amides is 1. The molecule has 0 saturated carbocycles. The Balaban J connectivity index is 2.07. The molecule has 2 aromatic rings. The number of carbonyl (C=O) groups excluding carboxylic acids is 1. The highest BCUT2D eigenvalue weighted by molar-refractivity contribution is 6.46. The summed E-state index contributed by atoms with van der Waals surface area (Å²) in [4.78, 5) is 12.3. The highest BCUT2D eigenvalue weighted by Crippen LogP contribution is 2.32. The van der Waals surface area contributed by atoms with E-state index >= 15 is 0 Å². The topological polar surface area (TPSA) is 38.3 Å². The van der Waals surface area contributed by atoms with E-state index < -0.39 is 5.91 Å². The zero-order valence-electron chi connectivity index (χ0n) is 12.5. The van der Waals surface area contributed by atoms with Gasteiger partial charge >= 0.3 is 0 Å². The van der Waals surface area contributed by atoms with E-state index in [9.17, 15) is 4.79 Å². The molecule has 0 spiro atoms. The highest BCUT2D eigenvalue weighted by atomic mass is 35.5. The summed E-state index contributed by atoms with van der Waals surface area (Å²) in [7, 11) is 0. The number of anilines is 1. The smallest absolute Gasteiger partial charge is 0.258 e. The van der Waals surface area contributed by atoms with Crippen molar-refractivity contribution in [1.82, 2.24) is 0 Å². The predicted molar refractivity (Wildman–Crippen MR) is 96.3 cm³/mol. The lowest BCUT2D eigenvalue weighted by Crippen LogP contribution is -2.13. The molecule has 6 heteroatoms. The summed E-state index contributed by atoms with van der Waals surface area (Å²) in [5, 5.41) is 3.40. The van der Waals surface area contributed by atoms with Gasteiger partial charge in [0.15, 0.2) is 0 Å². The second-order valence-electron chi connectivity index (χ2n) is 4.90. The first kappa shape index (κ1) is 17.9. The van der Waals surface area contributed by atoms with Crippen molar-refractivity contribution in [2.24, 2.45) is 0 Å². The molecular formula is C17H16Cl3NO2. The van der Waals surface area contributed by atoms with Gasteiger partial charge < -0.3 is 10.1 Å². The van der Waals surface area contributed by atoms with E-state index in [1.807, 2.05) is 0 Å². The van der Waals surface area contributed by atoms with Gasteiger partial charge in [0.25, 0.3) is 5.91 Å². The molecular weight excluding hydrogens is 357 g/mol. The van der Waals surface area contributed by atoms with E-state index in [1.165, 1.54) is 6.07 Å². The normalized spacial score (nSPS) is 10.4. The van der Waals surface area contributed by atoms with Crippen LogP contribution in [0.3, 0.4) is 0 Å². The fourth-order valence-electron chi connectivity index (χ4n) is 1.90. The van der Waals surface area contributed by atoms with Crippen LogP contribution in [0.4, 0.5) is 5.69 Å². The van der Waals surface area contributed by atoms with Crippen LogP contribution in [0.15, 0.2) is 36.4 Å². The first-order chi connectivity index (χ1) is 11.0. The second-order valence-corrected chi connectivity index (χ2v) is 6.09. The van der Waals surface area contributed by atoms with Gasteiger partial charge in [0.05, 0.1) is 27.2 Å². The van der Waals surface area contributed by atoms with Crippen LogP contribution in [0.5, 0.6) is 5.75 Å². The maximum atomic E-state index is 12.3. The molecule has 0 aliphatic rings. The summed E-state index contributed by atoms with van der Waals surface area (Å²) in [6.07, 6.45) is 2.08. The van der Waals surface area contributed by atoms with Crippen molar-refractivity contribution in [2.45, 2.75) is 19.8 Å². The summed E-state index contributed by atoms with van der Waals surface area (Å²) in [6, 6.07) is 10.2. The van der Waals surface area contributed by atoms with Gasteiger partial charge in [-0.25, -0.2) is 0 Å². The van der Waals surface area contributed by atoms with E-state index in [-0.39, 0.29) is 20.6 Å². The number of ether oxygens (including phenoxy) is 1. The quantitative estimate of drug-likeness (QED) is 0.493. The van der Waals surface area contributed by atoms with Gasteiger partial charge in [-0.1, -0.05) is 48.1 Å². The Labute approximate surface area is 150 Å². The van der Waals surface area contributed by atoms with E-state index in [0.717, 1.165) is 18.6 Å². The van der Waals surface area contributed by atoms with Crippen molar-refractivity contribution >= 4 is 46.4 Å². The van der Waals surface area contributed by atoms with Crippen LogP contribution in [-0.4, -0.2) is 12.5 Å². The van der Waals surface area contributed by atoms with Crippen LogP contribution < -0.4 is 10.1 Å². The average molecular weight is 373 g/mol. The SMILES string of the molecule is CCCCOc1ccc(NC(=O)c2c(Cl)ccc(Cl)c2Cl)cc1. The van der Waals surface area contributed by atoms with Gasteiger partial charge in [0.2, 0.25) is 0 Å². The molecule has 1 N–H and O–H groups in total. The van der Waals surface area contributed by atoms with Gasteiger partial charge in [-0.2, -0.15) is 0 Å². The summed E-state index contributed by atoms with van der Waals surface area (Å²) >= 11 is 18.0. The van der Waals surface area contributed by atoms with Gasteiger partial charge in [-0.15, -0.1) is 0 Å². The third kappa shape index (κ3) is 4.77. The van der Waals surface area contributed by atoms with Gasteiger partial charge in [-0.3, -0.25) is 4.79 Å². The fraction of sp³-hybridized carbons (Fsp3) is 0.235. The Hall–Kier alpha value is -1.42. The number of hydrogen-bond donors (Lipinski definition) is 1. The van der Waals surface area contributed by atoms with Crippen LogP contribution >= 0.6 is 34.8 Å². The number of unbranched alkanes of at least 4 members (excludes halogenated alkanes) is 1. The second kappa shape index (κ2) is 8.44. The van der Waals surface area contributed by atoms with Crippen LogP contribution in [0.1, 0.15) is 30.1 Å². The largest absolute Gasteiger partial charge is 0.494 e. The van der Waals surface area contributed by atoms with Crippen molar-refractivity contribution in [2.75, 3.05) is 11.9 Å². The Morgan fingerprint density at radius 3 is 2.35 bits per heavy atom. The monoisotopic (exact) mass is 371 g/mol. The van der Waals surface area contributed by atoms with Gasteiger partial charge in [0, 0.05) is 5.69 Å². The molecule has 0 atom stereocenters. The molecule has 2 aromatic carbocycles. The number of benzene rings is 2. The van der Waals surface area contributed by atoms with Crippen molar-refractivity contribution in [3.05, 3.63) is 57.0 Å². The van der Waals surface area contributed by atoms with Crippen molar-refractivity contribution < 1.29 is 9.53 Å². The maximum absolute atomic E-state index is 12.3. The number of carbonyl (C=O) groups is 1. The molecule has 0 saturated heterocycles. The zero-order chi connectivity index (χ0) is 16.8. The maximum Gasteiger partial charge on any atom is 0.258 e. The summed E-state index contributed by atoms with van der Waals surface area (Å²) in [5.74, 6) is 0.345. The first-order valence-electron chi connectivity index (χ1n) is 7.20. The van der Waals surface area contributed by atoms with E-state index in [4.69, 9.17) is 39.5 Å². The van der Waals surface area contributed by atoms with E-state index in [0.29, 0.717) is 12.3 Å². The minimum Gasteiger partial charge on any atom is -0.494 e. The highest BCUT2D eigenvalue weighted by Gasteiger charge is 2.17. The molecule has 3 nitrogen and oxygen atoms in total. The van der Waals surface area contributed by atoms with Gasteiger partial charge in [0.1, 0.15) is 5.75 Å². The van der Waals surface area contributed by atoms with Gasteiger partial charge in [-0.05, 0) is 42.8 Å². The Morgan fingerprint density at radius 2 is 1.70 bits per heavy atom. The lowest BCUT2D eigenvalue weighted by atomic mass is 10.2. The van der Waals surface area contributed by atoms with Crippen LogP contribution in [0.25, 0.3) is 0 Å². The molecule has 0 aliphatic carbocycles. The molecule has 0 aliphatic heterocycles. The van der Waals surface area contributed by atoms with Crippen LogP contribution in [-0.2, 0) is 0 Å². The molecule has 0 bridgehead atoms. The lowest BCUT2D eigenvalue weighted by molar-refractivity contribution is 0.102. The Morgan fingerprint density at radius 1 is 1.04 bits per heavy atom. The number of hydrogen-bond acceptors (Lipinski definition) is 2. The summed E-state index contributed by atoms with van der Waals surface area (Å²) < 4.78 is 5.57. The molecule has 0 fully saturated rings. The predicted octanol–water partition coefficient (Wildman–Crippen LogP) is 6.08. The van der Waals surface area contributed by atoms with Crippen LogP contribution in [0.2, 0.25) is 15.1 Å². The molecule has 0 unspecified atom stereocenters. The van der Waals surface area contributed by atoms with E-state index in [1.54, 1.807) is 30.3 Å². The number of rotatable bonds is 6. The Kier molecular flexibility index (Phi) is 6.58. The fourth-order valence-corrected chi connectivity index (χ4v) is 2.60. The van der Waals surface area contributed by atoms with Crippen molar-refractivity contribution in [3.8, 4) is 5.75 Å². The van der Waals surface area contributed by atoms with Crippen LogP contribution in [0, 0.1) is 0 Å². The first-order valence-corrected chi connectivity index (χ1v) is 8.34. The van der Waals surface area contributed by atoms with Crippen molar-refractivity contribution in [3.63, 3.8) is 0 Å². The molecule has 1 amide bonds. The van der Waals surface area contributed by atoms with Crippen molar-refractivity contribution in [1.29, 1.82) is 0 Å². The summed E-state index contributed by atoms with van der Waals surface area (Å²) in [5.41, 5.74) is 0.772. The average Bonchev–Trinajstić information content (AvgIpc) is 2.53. The molecule has 122 valence electrons. The number of halogens is 3. The number of nitrogens with one attached hydrogen (secondary N) is 1. The third-order valence-electron chi connectivity index (χ3n) is 3.15. The molecule has 0 heterocycles. The molecule has 0 radical (unpaired) electrons. The van der Waals surface area contributed by atoms with E-state index in [2.05, 4.69) is 12.2 Å². The minimum atomic E-state index is -0.415. The molecule has 23 heavy (non-hydrogen) atoms. The lowest BCUT2D eigenvalue weighted by Gasteiger charge is -2.10. The third-order valence-corrected chi connectivity index (χ3v) is 4.27.